The van der Waals surface area contributed by atoms with Gasteiger partial charge in [0.25, 0.3) is 0 Å². The first-order valence-corrected chi connectivity index (χ1v) is 6.62. The van der Waals surface area contributed by atoms with E-state index in [-0.39, 0.29) is 16.4 Å². The molecule has 0 spiro atoms. The van der Waals surface area contributed by atoms with E-state index in [2.05, 4.69) is 16.0 Å². The largest absolute Gasteiger partial charge is 0.412 e. The minimum atomic E-state index is 0. The topological polar surface area (TPSA) is 131 Å². The molecular formula is C12H33N3O3. The first-order valence-electron chi connectivity index (χ1n) is 6.62. The van der Waals surface area contributed by atoms with Gasteiger partial charge in [0.05, 0.1) is 0 Å². The van der Waals surface area contributed by atoms with Crippen LogP contribution < -0.4 is 16.0 Å². The van der Waals surface area contributed by atoms with Crippen LogP contribution in [0.5, 0.6) is 0 Å². The van der Waals surface area contributed by atoms with Crippen LogP contribution in [-0.2, 0) is 0 Å². The zero-order valence-electron chi connectivity index (χ0n) is 11.5. The number of hydrogen-bond donors (Lipinski definition) is 3. The molecule has 18 heavy (non-hydrogen) atoms. The highest BCUT2D eigenvalue weighted by molar-refractivity contribution is 4.56. The zero-order valence-corrected chi connectivity index (χ0v) is 11.5. The first kappa shape index (κ1) is 22.9. The van der Waals surface area contributed by atoms with E-state index in [9.17, 15) is 0 Å². The molecule has 0 aromatic carbocycles. The fraction of sp³-hybridized carbons (Fsp3) is 1.00. The summed E-state index contributed by atoms with van der Waals surface area (Å²) in [6.45, 7) is 7.50. The van der Waals surface area contributed by atoms with Crippen LogP contribution in [0.25, 0.3) is 0 Å². The van der Waals surface area contributed by atoms with Crippen LogP contribution in [0.15, 0.2) is 0 Å². The molecule has 0 amide bonds. The van der Waals surface area contributed by atoms with E-state index < -0.39 is 0 Å². The molecule has 3 aliphatic rings. The van der Waals surface area contributed by atoms with Gasteiger partial charge in [0.2, 0.25) is 0 Å². The summed E-state index contributed by atoms with van der Waals surface area (Å²) in [5.74, 6) is 0. The van der Waals surface area contributed by atoms with Gasteiger partial charge in [-0.1, -0.05) is 0 Å². The summed E-state index contributed by atoms with van der Waals surface area (Å²) in [5, 5.41) is 9.67. The molecule has 3 aliphatic heterocycles. The second kappa shape index (κ2) is 19.1. The van der Waals surface area contributed by atoms with Crippen molar-refractivity contribution in [1.29, 1.82) is 0 Å². The highest BCUT2D eigenvalue weighted by atomic mass is 16.0. The van der Waals surface area contributed by atoms with Crippen LogP contribution in [0, 0.1) is 0 Å². The maximum Gasteiger partial charge on any atom is -0.00484 e. The lowest BCUT2D eigenvalue weighted by Crippen LogP contribution is -2.03. The van der Waals surface area contributed by atoms with E-state index in [1.807, 2.05) is 0 Å². The molecule has 0 aliphatic carbocycles. The van der Waals surface area contributed by atoms with Crippen molar-refractivity contribution in [1.82, 2.24) is 16.0 Å². The molecule has 0 radical (unpaired) electrons. The first-order chi connectivity index (χ1) is 7.50. The van der Waals surface area contributed by atoms with Gasteiger partial charge in [-0.05, 0) is 77.8 Å². The smallest absolute Gasteiger partial charge is 0.00484 e. The van der Waals surface area contributed by atoms with Crippen molar-refractivity contribution in [3.63, 3.8) is 0 Å². The average Bonchev–Trinajstić information content (AvgIpc) is 3.09. The van der Waals surface area contributed by atoms with Crippen LogP contribution in [0.1, 0.15) is 38.5 Å². The Hall–Kier alpha value is -0.240. The maximum atomic E-state index is 3.22. The third-order valence-corrected chi connectivity index (χ3v) is 2.87. The van der Waals surface area contributed by atoms with E-state index >= 15 is 0 Å². The van der Waals surface area contributed by atoms with Crippen LogP contribution in [0.3, 0.4) is 0 Å². The van der Waals surface area contributed by atoms with Gasteiger partial charge in [-0.3, -0.25) is 0 Å². The zero-order chi connectivity index (χ0) is 10.6. The summed E-state index contributed by atoms with van der Waals surface area (Å²) < 4.78 is 0. The Morgan fingerprint density at radius 2 is 0.500 bits per heavy atom. The summed E-state index contributed by atoms with van der Waals surface area (Å²) in [6.07, 6.45) is 8.33. The minimum Gasteiger partial charge on any atom is -0.412 e. The van der Waals surface area contributed by atoms with Crippen molar-refractivity contribution in [3.05, 3.63) is 0 Å². The predicted molar refractivity (Wildman–Crippen MR) is 77.2 cm³/mol. The number of nitrogens with one attached hydrogen (secondary N) is 3. The van der Waals surface area contributed by atoms with Crippen LogP contribution >= 0.6 is 0 Å². The molecule has 0 aromatic rings. The summed E-state index contributed by atoms with van der Waals surface area (Å²) in [6, 6.07) is 0. The molecule has 6 heteroatoms. The van der Waals surface area contributed by atoms with Crippen LogP contribution in [0.4, 0.5) is 0 Å². The SMILES string of the molecule is C1CCNC1.C1CCNC1.C1CCNC1.O.O.O. The van der Waals surface area contributed by atoms with Crippen molar-refractivity contribution in [2.75, 3.05) is 39.3 Å². The second-order valence-corrected chi connectivity index (χ2v) is 4.37. The molecule has 0 bridgehead atoms. The molecule has 0 saturated carbocycles. The molecule has 9 N–H and O–H groups in total. The Balaban J connectivity index is -0.000000173. The molecule has 6 nitrogen and oxygen atoms in total. The number of hydrogen-bond acceptors (Lipinski definition) is 3. The average molecular weight is 267 g/mol. The lowest BCUT2D eigenvalue weighted by molar-refractivity contribution is 0.823. The van der Waals surface area contributed by atoms with Crippen molar-refractivity contribution in [2.45, 2.75) is 38.5 Å². The highest BCUT2D eigenvalue weighted by Crippen LogP contribution is 1.91. The quantitative estimate of drug-likeness (QED) is 0.500. The molecule has 3 heterocycles. The summed E-state index contributed by atoms with van der Waals surface area (Å²) in [7, 11) is 0. The normalized spacial score (nSPS) is 20.0. The van der Waals surface area contributed by atoms with Crippen molar-refractivity contribution in [2.24, 2.45) is 0 Å². The van der Waals surface area contributed by atoms with E-state index in [1.165, 1.54) is 77.8 Å². The molecule has 0 unspecified atom stereocenters. The van der Waals surface area contributed by atoms with Gasteiger partial charge >= 0.3 is 0 Å². The highest BCUT2D eigenvalue weighted by Gasteiger charge is 1.94. The maximum absolute atomic E-state index is 3.22. The molecule has 0 aromatic heterocycles. The van der Waals surface area contributed by atoms with Gasteiger partial charge in [-0.25, -0.2) is 0 Å². The lowest BCUT2D eigenvalue weighted by Gasteiger charge is -1.76. The third kappa shape index (κ3) is 15.8. The van der Waals surface area contributed by atoms with Gasteiger partial charge in [0.1, 0.15) is 0 Å². The van der Waals surface area contributed by atoms with Gasteiger partial charge < -0.3 is 32.4 Å². The van der Waals surface area contributed by atoms with Gasteiger partial charge in [0, 0.05) is 0 Å². The van der Waals surface area contributed by atoms with Crippen LogP contribution in [0.2, 0.25) is 0 Å². The Kier molecular flexibility index (Phi) is 24.3. The van der Waals surface area contributed by atoms with Gasteiger partial charge in [0.15, 0.2) is 0 Å². The summed E-state index contributed by atoms with van der Waals surface area (Å²) >= 11 is 0. The molecule has 3 rings (SSSR count). The van der Waals surface area contributed by atoms with Gasteiger partial charge in [-0.15, -0.1) is 0 Å². The minimum absolute atomic E-state index is 0. The molecule has 114 valence electrons. The summed E-state index contributed by atoms with van der Waals surface area (Å²) in [5.41, 5.74) is 0. The second-order valence-electron chi connectivity index (χ2n) is 4.37. The fourth-order valence-corrected chi connectivity index (χ4v) is 1.87. The van der Waals surface area contributed by atoms with Crippen molar-refractivity contribution >= 4 is 0 Å². The Morgan fingerprint density at radius 3 is 0.556 bits per heavy atom. The molecule has 3 saturated heterocycles. The Labute approximate surface area is 111 Å². The van der Waals surface area contributed by atoms with E-state index in [0.717, 1.165) is 0 Å². The molecule has 3 fully saturated rings. The van der Waals surface area contributed by atoms with E-state index in [1.54, 1.807) is 0 Å². The standard InChI is InChI=1S/3C4H9N.3H2O/c3*1-2-4-5-3-1;;;/h3*5H,1-4H2;3*1H2. The van der Waals surface area contributed by atoms with Crippen molar-refractivity contribution < 1.29 is 16.4 Å². The molecular weight excluding hydrogens is 234 g/mol. The van der Waals surface area contributed by atoms with E-state index in [0.29, 0.717) is 0 Å². The number of rotatable bonds is 0. The van der Waals surface area contributed by atoms with Gasteiger partial charge in [-0.2, -0.15) is 0 Å². The van der Waals surface area contributed by atoms with Crippen LogP contribution in [-0.4, -0.2) is 55.7 Å². The Morgan fingerprint density at radius 1 is 0.333 bits per heavy atom. The monoisotopic (exact) mass is 267 g/mol. The third-order valence-electron chi connectivity index (χ3n) is 2.87. The van der Waals surface area contributed by atoms with E-state index in [4.69, 9.17) is 0 Å². The molecule has 0 atom stereocenters. The van der Waals surface area contributed by atoms with Crippen molar-refractivity contribution in [3.8, 4) is 0 Å². The Bertz CT molecular complexity index is 81.1. The lowest BCUT2D eigenvalue weighted by atomic mass is 10.4. The predicted octanol–water partition coefficient (Wildman–Crippen LogP) is -1.36. The fourth-order valence-electron chi connectivity index (χ4n) is 1.87. The summed E-state index contributed by atoms with van der Waals surface area (Å²) in [4.78, 5) is 0.